The van der Waals surface area contributed by atoms with Gasteiger partial charge in [0.05, 0.1) is 11.1 Å². The quantitative estimate of drug-likeness (QED) is 0.623. The highest BCUT2D eigenvalue weighted by Gasteiger charge is 2.35. The molecule has 0 saturated carbocycles. The Morgan fingerprint density at radius 1 is 0.880 bits per heavy atom. The molecule has 0 amide bonds. The zero-order valence-electron chi connectivity index (χ0n) is 12.5. The highest BCUT2D eigenvalue weighted by Crippen LogP contribution is 2.26. The van der Waals surface area contributed by atoms with E-state index < -0.39 is 23.9 Å². The molecule has 0 aliphatic carbocycles. The molecule has 2 rings (SSSR count). The number of allylic oxidation sites excluding steroid dienone is 1. The van der Waals surface area contributed by atoms with Crippen molar-refractivity contribution in [2.75, 3.05) is 0 Å². The van der Waals surface area contributed by atoms with Gasteiger partial charge in [-0.2, -0.15) is 13.2 Å². The Bertz CT molecular complexity index is 781. The summed E-state index contributed by atoms with van der Waals surface area (Å²) in [7, 11) is 0. The summed E-state index contributed by atoms with van der Waals surface area (Å²) in [6.07, 6.45) is -4.80. The van der Waals surface area contributed by atoms with Crippen LogP contribution in [-0.4, -0.2) is 23.2 Å². The summed E-state index contributed by atoms with van der Waals surface area (Å²) in [5.74, 6) is -3.80. The maximum Gasteiger partial charge on any atom is 0.449 e. The number of carbonyl (C=O) groups is 2. The Morgan fingerprint density at radius 2 is 1.28 bits per heavy atom. The normalized spacial score (nSPS) is 10.5. The molecule has 4 nitrogen and oxygen atoms in total. The fourth-order valence-electron chi connectivity index (χ4n) is 1.83. The Hall–Kier alpha value is -2.80. The van der Waals surface area contributed by atoms with E-state index in [0.717, 1.165) is 0 Å². The lowest BCUT2D eigenvalue weighted by molar-refractivity contribution is -0.122. The van der Waals surface area contributed by atoms with Crippen LogP contribution in [-0.2, 0) is 4.74 Å². The number of rotatable bonds is 4. The van der Waals surface area contributed by atoms with E-state index >= 15 is 0 Å². The Balaban J connectivity index is 0.00000312. The van der Waals surface area contributed by atoms with Gasteiger partial charge in [0.15, 0.2) is 0 Å². The van der Waals surface area contributed by atoms with Gasteiger partial charge in [-0.15, -0.1) is 12.4 Å². The largest absolute Gasteiger partial charge is 0.478 e. The fourth-order valence-corrected chi connectivity index (χ4v) is 1.83. The van der Waals surface area contributed by atoms with Gasteiger partial charge < -0.3 is 9.84 Å². The van der Waals surface area contributed by atoms with Crippen LogP contribution in [0.3, 0.4) is 0 Å². The van der Waals surface area contributed by atoms with Crippen molar-refractivity contribution >= 4 is 24.3 Å². The minimum atomic E-state index is -4.80. The molecule has 0 atom stereocenters. The van der Waals surface area contributed by atoms with Gasteiger partial charge in [0.1, 0.15) is 0 Å². The molecule has 25 heavy (non-hydrogen) atoms. The van der Waals surface area contributed by atoms with Crippen molar-refractivity contribution in [3.05, 3.63) is 72.0 Å². The van der Waals surface area contributed by atoms with Crippen LogP contribution in [0.15, 0.2) is 60.9 Å². The Kier molecular flexibility index (Phi) is 6.36. The molecule has 0 heterocycles. The van der Waals surface area contributed by atoms with Crippen LogP contribution >= 0.6 is 12.4 Å². The molecule has 0 bridgehead atoms. The second-order valence-electron chi connectivity index (χ2n) is 4.77. The Morgan fingerprint density at radius 3 is 1.64 bits per heavy atom. The van der Waals surface area contributed by atoms with Crippen LogP contribution in [0.1, 0.15) is 20.7 Å². The number of aromatic carboxylic acids is 1. The first-order valence-corrected chi connectivity index (χ1v) is 6.60. The van der Waals surface area contributed by atoms with E-state index in [9.17, 15) is 22.8 Å². The van der Waals surface area contributed by atoms with Crippen molar-refractivity contribution in [2.24, 2.45) is 0 Å². The van der Waals surface area contributed by atoms with Gasteiger partial charge >= 0.3 is 18.1 Å². The summed E-state index contributed by atoms with van der Waals surface area (Å²) in [6, 6.07) is 11.7. The number of alkyl halides is 3. The third kappa shape index (κ3) is 5.09. The van der Waals surface area contributed by atoms with E-state index in [1.807, 2.05) is 0 Å². The molecule has 0 unspecified atom stereocenters. The van der Waals surface area contributed by atoms with Crippen molar-refractivity contribution in [2.45, 2.75) is 6.18 Å². The molecule has 132 valence electrons. The van der Waals surface area contributed by atoms with Gasteiger partial charge in [-0.05, 0) is 35.4 Å². The summed E-state index contributed by atoms with van der Waals surface area (Å²) in [5, 5.41) is 8.83. The SMILES string of the molecule is C=C(OC(=O)c1ccc(-c2ccc(C(=O)O)cc2)cc1)C(F)(F)F.Cl. The predicted molar refractivity (Wildman–Crippen MR) is 86.7 cm³/mol. The molecule has 8 heteroatoms. The van der Waals surface area contributed by atoms with Gasteiger partial charge in [0.25, 0.3) is 0 Å². The number of hydrogen-bond acceptors (Lipinski definition) is 3. The number of halogens is 4. The summed E-state index contributed by atoms with van der Waals surface area (Å²) in [5.41, 5.74) is 1.42. The average Bonchev–Trinajstić information content (AvgIpc) is 2.54. The fraction of sp³-hybridized carbons (Fsp3) is 0.0588. The molecule has 2 aromatic rings. The first-order valence-electron chi connectivity index (χ1n) is 6.60. The lowest BCUT2D eigenvalue weighted by Gasteiger charge is -2.10. The number of carbonyl (C=O) groups excluding carboxylic acids is 1. The monoisotopic (exact) mass is 372 g/mol. The lowest BCUT2D eigenvalue weighted by atomic mass is 10.0. The van der Waals surface area contributed by atoms with Crippen LogP contribution < -0.4 is 0 Å². The second-order valence-corrected chi connectivity index (χ2v) is 4.77. The van der Waals surface area contributed by atoms with Crippen molar-refractivity contribution in [1.82, 2.24) is 0 Å². The zero-order chi connectivity index (χ0) is 17.9. The minimum absolute atomic E-state index is 0. The molecule has 0 spiro atoms. The maximum atomic E-state index is 12.3. The van der Waals surface area contributed by atoms with Crippen molar-refractivity contribution in [1.29, 1.82) is 0 Å². The lowest BCUT2D eigenvalue weighted by Crippen LogP contribution is -2.17. The standard InChI is InChI=1S/C17H11F3O4.ClH/c1-10(17(18,19)20)24-16(23)14-8-4-12(5-9-14)11-2-6-13(7-3-11)15(21)22;/h2-9H,1H2,(H,21,22);1H. The Labute approximate surface area is 147 Å². The zero-order valence-corrected chi connectivity index (χ0v) is 13.4. The van der Waals surface area contributed by atoms with E-state index in [2.05, 4.69) is 11.3 Å². The van der Waals surface area contributed by atoms with Crippen LogP contribution in [0.4, 0.5) is 13.2 Å². The summed E-state index contributed by atoms with van der Waals surface area (Å²) < 4.78 is 41.0. The van der Waals surface area contributed by atoms with Gasteiger partial charge in [0, 0.05) is 0 Å². The highest BCUT2D eigenvalue weighted by atomic mass is 35.5. The first kappa shape index (κ1) is 20.2. The minimum Gasteiger partial charge on any atom is -0.478 e. The number of carboxylic acid groups (broad SMARTS) is 1. The molecule has 1 N–H and O–H groups in total. The number of ether oxygens (including phenoxy) is 1. The number of esters is 1. The van der Waals surface area contributed by atoms with Crippen LogP contribution in [0.5, 0.6) is 0 Å². The topological polar surface area (TPSA) is 63.6 Å². The molecule has 0 fully saturated rings. The summed E-state index contributed by atoms with van der Waals surface area (Å²) in [4.78, 5) is 22.4. The van der Waals surface area contributed by atoms with Gasteiger partial charge in [-0.25, -0.2) is 9.59 Å². The van der Waals surface area contributed by atoms with Crippen LogP contribution in [0.2, 0.25) is 0 Å². The number of hydrogen-bond donors (Lipinski definition) is 1. The summed E-state index contributed by atoms with van der Waals surface area (Å²) in [6.45, 7) is 2.66. The van der Waals surface area contributed by atoms with Gasteiger partial charge in [-0.3, -0.25) is 0 Å². The number of carboxylic acids is 1. The van der Waals surface area contributed by atoms with E-state index in [1.165, 1.54) is 36.4 Å². The van der Waals surface area contributed by atoms with Crippen LogP contribution in [0, 0.1) is 0 Å². The molecule has 0 saturated heterocycles. The molecule has 0 aliphatic rings. The molecule has 0 aromatic heterocycles. The molecular weight excluding hydrogens is 361 g/mol. The molecular formula is C17H12ClF3O4. The maximum absolute atomic E-state index is 12.3. The predicted octanol–water partition coefficient (Wildman–Crippen LogP) is 4.71. The van der Waals surface area contributed by atoms with Gasteiger partial charge in [-0.1, -0.05) is 30.8 Å². The third-order valence-electron chi connectivity index (χ3n) is 3.12. The van der Waals surface area contributed by atoms with Crippen molar-refractivity contribution < 1.29 is 32.6 Å². The van der Waals surface area contributed by atoms with Crippen molar-refractivity contribution in [3.8, 4) is 11.1 Å². The summed E-state index contributed by atoms with van der Waals surface area (Å²) >= 11 is 0. The van der Waals surface area contributed by atoms with Crippen molar-refractivity contribution in [3.63, 3.8) is 0 Å². The van der Waals surface area contributed by atoms with E-state index in [0.29, 0.717) is 11.1 Å². The smallest absolute Gasteiger partial charge is 0.449 e. The average molecular weight is 373 g/mol. The third-order valence-corrected chi connectivity index (χ3v) is 3.12. The number of benzene rings is 2. The highest BCUT2D eigenvalue weighted by molar-refractivity contribution is 5.91. The van der Waals surface area contributed by atoms with E-state index in [4.69, 9.17) is 5.11 Å². The molecule has 2 aromatic carbocycles. The van der Waals surface area contributed by atoms with Gasteiger partial charge in [0.2, 0.25) is 5.76 Å². The van der Waals surface area contributed by atoms with Crippen LogP contribution in [0.25, 0.3) is 11.1 Å². The second kappa shape index (κ2) is 7.85. The first-order chi connectivity index (χ1) is 11.2. The van der Waals surface area contributed by atoms with E-state index in [-0.39, 0.29) is 23.5 Å². The van der Waals surface area contributed by atoms with E-state index in [1.54, 1.807) is 12.1 Å². The molecule has 0 radical (unpaired) electrons. The molecule has 0 aliphatic heterocycles.